The number of carbonyl (C=O) groups excluding carboxylic acids is 1. The summed E-state index contributed by atoms with van der Waals surface area (Å²) in [6.45, 7) is 10.9. The van der Waals surface area contributed by atoms with Gasteiger partial charge in [0.15, 0.2) is 6.04 Å². The van der Waals surface area contributed by atoms with E-state index < -0.39 is 23.7 Å². The number of ether oxygens (including phenoxy) is 2. The van der Waals surface area contributed by atoms with Crippen molar-refractivity contribution in [2.45, 2.75) is 78.5 Å². The zero-order chi connectivity index (χ0) is 19.9. The molecule has 0 aromatic carbocycles. The molecule has 0 fully saturated rings. The molecule has 0 unspecified atom stereocenters. The van der Waals surface area contributed by atoms with Crippen molar-refractivity contribution in [1.29, 1.82) is 0 Å². The van der Waals surface area contributed by atoms with E-state index in [2.05, 4.69) is 17.3 Å². The Hall–Kier alpha value is -2.25. The summed E-state index contributed by atoms with van der Waals surface area (Å²) >= 11 is 0. The fraction of sp³-hybridized carbons (Fsp3) is 0.722. The van der Waals surface area contributed by atoms with Gasteiger partial charge in [0.1, 0.15) is 12.2 Å². The van der Waals surface area contributed by atoms with Gasteiger partial charge in [0.05, 0.1) is 12.2 Å². The molecule has 1 amide bonds. The summed E-state index contributed by atoms with van der Waals surface area (Å²) < 4.78 is 12.6. The minimum absolute atomic E-state index is 0.0717. The highest BCUT2D eigenvalue weighted by Crippen LogP contribution is 2.24. The van der Waals surface area contributed by atoms with Crippen LogP contribution in [-0.4, -0.2) is 45.2 Å². The number of unbranched alkanes of at least 4 members (excludes halogenated alkanes) is 1. The van der Waals surface area contributed by atoms with Crippen LogP contribution in [0.25, 0.3) is 0 Å². The maximum absolute atomic E-state index is 11.8. The maximum Gasteiger partial charge on any atom is 0.408 e. The monoisotopic (exact) mass is 369 g/mol. The predicted octanol–water partition coefficient (Wildman–Crippen LogP) is 3.16. The highest BCUT2D eigenvalue weighted by Gasteiger charge is 2.26. The molecule has 0 bridgehead atoms. The Kier molecular flexibility index (Phi) is 7.92. The SMILES string of the molecule is CCCCc1cnn(C(C)C)c1OC[C@H](NC(=O)OC(C)(C)C)C(=O)O. The second-order valence-electron chi connectivity index (χ2n) is 7.46. The average molecular weight is 369 g/mol. The van der Waals surface area contributed by atoms with E-state index in [4.69, 9.17) is 9.47 Å². The summed E-state index contributed by atoms with van der Waals surface area (Å²) in [5.74, 6) is -0.646. The largest absolute Gasteiger partial charge is 0.480 e. The fourth-order valence-corrected chi connectivity index (χ4v) is 2.24. The van der Waals surface area contributed by atoms with Crippen molar-refractivity contribution in [3.05, 3.63) is 11.8 Å². The molecule has 8 nitrogen and oxygen atoms in total. The lowest BCUT2D eigenvalue weighted by atomic mass is 10.1. The number of carbonyl (C=O) groups is 2. The Balaban J connectivity index is 2.84. The molecule has 0 aliphatic rings. The third kappa shape index (κ3) is 6.93. The molecule has 0 spiro atoms. The molecule has 0 radical (unpaired) electrons. The van der Waals surface area contributed by atoms with Gasteiger partial charge in [0.25, 0.3) is 0 Å². The number of rotatable bonds is 9. The molecule has 26 heavy (non-hydrogen) atoms. The minimum Gasteiger partial charge on any atom is -0.480 e. The van der Waals surface area contributed by atoms with Crippen molar-refractivity contribution < 1.29 is 24.2 Å². The van der Waals surface area contributed by atoms with Gasteiger partial charge in [-0.3, -0.25) is 0 Å². The van der Waals surface area contributed by atoms with Gasteiger partial charge in [0, 0.05) is 5.56 Å². The number of amides is 1. The number of nitrogens with one attached hydrogen (secondary N) is 1. The molecule has 0 saturated heterocycles. The predicted molar refractivity (Wildman–Crippen MR) is 97.5 cm³/mol. The third-order valence-electron chi connectivity index (χ3n) is 3.49. The summed E-state index contributed by atoms with van der Waals surface area (Å²) in [6.07, 6.45) is 3.78. The molecule has 8 heteroatoms. The lowest BCUT2D eigenvalue weighted by Gasteiger charge is -2.22. The molecular weight excluding hydrogens is 338 g/mol. The highest BCUT2D eigenvalue weighted by atomic mass is 16.6. The van der Waals surface area contributed by atoms with Gasteiger partial charge < -0.3 is 19.9 Å². The molecule has 1 aromatic rings. The van der Waals surface area contributed by atoms with Crippen LogP contribution in [-0.2, 0) is 16.0 Å². The number of carboxylic acid groups (broad SMARTS) is 1. The van der Waals surface area contributed by atoms with Crippen LogP contribution in [0.2, 0.25) is 0 Å². The Morgan fingerprint density at radius 1 is 1.35 bits per heavy atom. The number of aliphatic carboxylic acids is 1. The summed E-state index contributed by atoms with van der Waals surface area (Å²) in [5, 5.41) is 16.0. The van der Waals surface area contributed by atoms with E-state index in [9.17, 15) is 14.7 Å². The number of carboxylic acids is 1. The van der Waals surface area contributed by atoms with E-state index in [0.29, 0.717) is 5.88 Å². The van der Waals surface area contributed by atoms with Crippen LogP contribution in [0.15, 0.2) is 6.20 Å². The quantitative estimate of drug-likeness (QED) is 0.693. The topological polar surface area (TPSA) is 103 Å². The first kappa shape index (κ1) is 21.8. The number of nitrogens with zero attached hydrogens (tertiary/aromatic N) is 2. The lowest BCUT2D eigenvalue weighted by molar-refractivity contribution is -0.140. The van der Waals surface area contributed by atoms with Gasteiger partial charge >= 0.3 is 12.1 Å². The summed E-state index contributed by atoms with van der Waals surface area (Å²) in [5.41, 5.74) is 0.222. The first-order valence-electron chi connectivity index (χ1n) is 8.96. The summed E-state index contributed by atoms with van der Waals surface area (Å²) in [4.78, 5) is 23.3. The first-order chi connectivity index (χ1) is 12.0. The van der Waals surface area contributed by atoms with E-state index in [1.807, 2.05) is 13.8 Å². The average Bonchev–Trinajstić information content (AvgIpc) is 2.90. The molecule has 1 aromatic heterocycles. The van der Waals surface area contributed by atoms with Crippen molar-refractivity contribution >= 4 is 12.1 Å². The first-order valence-corrected chi connectivity index (χ1v) is 8.96. The second-order valence-corrected chi connectivity index (χ2v) is 7.46. The van der Waals surface area contributed by atoms with Gasteiger partial charge in [-0.1, -0.05) is 13.3 Å². The van der Waals surface area contributed by atoms with E-state index >= 15 is 0 Å². The molecule has 148 valence electrons. The van der Waals surface area contributed by atoms with Crippen LogP contribution < -0.4 is 10.1 Å². The minimum atomic E-state index is -1.22. The normalized spacial score (nSPS) is 12.7. The Morgan fingerprint density at radius 2 is 2.00 bits per heavy atom. The van der Waals surface area contributed by atoms with Crippen molar-refractivity contribution in [2.75, 3.05) is 6.61 Å². The molecule has 0 aliphatic heterocycles. The molecule has 1 heterocycles. The smallest absolute Gasteiger partial charge is 0.408 e. The van der Waals surface area contributed by atoms with Gasteiger partial charge in [-0.05, 0) is 47.5 Å². The Bertz CT molecular complexity index is 604. The highest BCUT2D eigenvalue weighted by molar-refractivity contribution is 5.80. The van der Waals surface area contributed by atoms with E-state index in [0.717, 1.165) is 24.8 Å². The van der Waals surface area contributed by atoms with Crippen LogP contribution in [0.1, 0.15) is 66.0 Å². The van der Waals surface area contributed by atoms with Gasteiger partial charge in [-0.25, -0.2) is 14.3 Å². The molecule has 1 rings (SSSR count). The maximum atomic E-state index is 11.8. The number of hydrogen-bond acceptors (Lipinski definition) is 5. The van der Waals surface area contributed by atoms with Gasteiger partial charge in [0.2, 0.25) is 5.88 Å². The van der Waals surface area contributed by atoms with E-state index in [-0.39, 0.29) is 12.6 Å². The van der Waals surface area contributed by atoms with Crippen LogP contribution in [0, 0.1) is 0 Å². The van der Waals surface area contributed by atoms with E-state index in [1.165, 1.54) is 0 Å². The number of aromatic nitrogens is 2. The van der Waals surface area contributed by atoms with Crippen molar-refractivity contribution in [3.8, 4) is 5.88 Å². The van der Waals surface area contributed by atoms with Gasteiger partial charge in [-0.2, -0.15) is 5.10 Å². The number of aryl methyl sites for hydroxylation is 1. The van der Waals surface area contributed by atoms with Crippen LogP contribution in [0.4, 0.5) is 4.79 Å². The molecular formula is C18H31N3O5. The van der Waals surface area contributed by atoms with Crippen molar-refractivity contribution in [1.82, 2.24) is 15.1 Å². The van der Waals surface area contributed by atoms with Crippen LogP contribution >= 0.6 is 0 Å². The Labute approximate surface area is 154 Å². The summed E-state index contributed by atoms with van der Waals surface area (Å²) in [6, 6.07) is -1.15. The zero-order valence-electron chi connectivity index (χ0n) is 16.5. The van der Waals surface area contributed by atoms with Crippen molar-refractivity contribution in [3.63, 3.8) is 0 Å². The molecule has 2 N–H and O–H groups in total. The third-order valence-corrected chi connectivity index (χ3v) is 3.49. The van der Waals surface area contributed by atoms with Gasteiger partial charge in [-0.15, -0.1) is 0 Å². The molecule has 0 saturated carbocycles. The van der Waals surface area contributed by atoms with Crippen LogP contribution in [0.3, 0.4) is 0 Å². The lowest BCUT2D eigenvalue weighted by Crippen LogP contribution is -2.46. The fourth-order valence-electron chi connectivity index (χ4n) is 2.24. The summed E-state index contributed by atoms with van der Waals surface area (Å²) in [7, 11) is 0. The van der Waals surface area contributed by atoms with Crippen molar-refractivity contribution in [2.24, 2.45) is 0 Å². The van der Waals surface area contributed by atoms with Crippen LogP contribution in [0.5, 0.6) is 5.88 Å². The molecule has 1 atom stereocenters. The second kappa shape index (κ2) is 9.45. The number of hydrogen-bond donors (Lipinski definition) is 2. The number of alkyl carbamates (subject to hydrolysis) is 1. The Morgan fingerprint density at radius 3 is 2.50 bits per heavy atom. The molecule has 0 aliphatic carbocycles. The van der Waals surface area contributed by atoms with E-state index in [1.54, 1.807) is 31.6 Å². The zero-order valence-corrected chi connectivity index (χ0v) is 16.5. The standard InChI is InChI=1S/C18H31N3O5/c1-7-8-9-13-10-19-21(12(2)3)15(13)25-11-14(16(22)23)20-17(24)26-18(4,5)6/h10,12,14H,7-9,11H2,1-6H3,(H,20,24)(H,22,23)/t14-/m0/s1.